The molecule has 0 amide bonds. The van der Waals surface area contributed by atoms with Gasteiger partial charge in [-0.1, -0.05) is 22.5 Å². The van der Waals surface area contributed by atoms with Gasteiger partial charge in [-0.3, -0.25) is 4.90 Å². The summed E-state index contributed by atoms with van der Waals surface area (Å²) in [6.45, 7) is 8.68. The monoisotopic (exact) mass is 303 g/mol. The van der Waals surface area contributed by atoms with E-state index in [1.54, 1.807) is 0 Å². The lowest BCUT2D eigenvalue weighted by Crippen LogP contribution is -2.38. The van der Waals surface area contributed by atoms with E-state index in [4.69, 9.17) is 9.47 Å². The molecule has 0 unspecified atom stereocenters. The van der Waals surface area contributed by atoms with Crippen LogP contribution in [0, 0.1) is 0 Å². The first-order chi connectivity index (χ1) is 8.24. The molecule has 0 radical (unpaired) electrons. The molecule has 0 saturated carbocycles. The average Bonchev–Trinajstić information content (AvgIpc) is 2.89. The Labute approximate surface area is 112 Å². The average molecular weight is 304 g/mol. The maximum atomic E-state index is 5.70. The summed E-state index contributed by atoms with van der Waals surface area (Å²) >= 11 is 3.46. The molecular formula is C13H22BrNO2. The normalized spacial score (nSPS) is 29.1. The predicted octanol–water partition coefficient (Wildman–Crippen LogP) is 2.56. The Kier molecular flexibility index (Phi) is 5.48. The summed E-state index contributed by atoms with van der Waals surface area (Å²) in [6, 6.07) is 0. The minimum atomic E-state index is 0.406. The molecule has 0 aromatic heterocycles. The Hall–Kier alpha value is 0.1000. The Morgan fingerprint density at radius 1 is 1.12 bits per heavy atom. The number of hydrogen-bond donors (Lipinski definition) is 0. The first-order valence-corrected chi connectivity index (χ1v) is 7.32. The van der Waals surface area contributed by atoms with Gasteiger partial charge >= 0.3 is 0 Å². The quantitative estimate of drug-likeness (QED) is 0.753. The predicted molar refractivity (Wildman–Crippen MR) is 72.5 cm³/mol. The third-order valence-corrected chi connectivity index (χ3v) is 3.62. The summed E-state index contributed by atoms with van der Waals surface area (Å²) in [6.07, 6.45) is 5.60. The summed E-state index contributed by atoms with van der Waals surface area (Å²) in [4.78, 5) is 2.41. The molecule has 0 aromatic carbocycles. The van der Waals surface area contributed by atoms with Gasteiger partial charge in [0, 0.05) is 37.3 Å². The molecule has 2 saturated heterocycles. The summed E-state index contributed by atoms with van der Waals surface area (Å²) in [7, 11) is 0. The first-order valence-electron chi connectivity index (χ1n) is 6.53. The molecule has 98 valence electrons. The standard InChI is InChI=1S/C13H22BrNO2/c1-11(14)8-15(9-12-4-2-6-16-12)10-13-5-3-7-17-13/h12-13H,1-10H2/t12-,13-/m1/s1. The summed E-state index contributed by atoms with van der Waals surface area (Å²) in [5.41, 5.74) is 0. The third kappa shape index (κ3) is 4.70. The number of rotatable bonds is 6. The van der Waals surface area contributed by atoms with E-state index < -0.39 is 0 Å². The molecule has 0 spiro atoms. The van der Waals surface area contributed by atoms with Gasteiger partial charge in [-0.05, 0) is 25.7 Å². The second kappa shape index (κ2) is 6.88. The summed E-state index contributed by atoms with van der Waals surface area (Å²) < 4.78 is 12.4. The van der Waals surface area contributed by atoms with Gasteiger partial charge < -0.3 is 9.47 Å². The van der Waals surface area contributed by atoms with E-state index in [1.807, 2.05) is 0 Å². The van der Waals surface area contributed by atoms with Crippen molar-refractivity contribution in [2.75, 3.05) is 32.8 Å². The highest BCUT2D eigenvalue weighted by Gasteiger charge is 2.23. The smallest absolute Gasteiger partial charge is 0.0703 e. The van der Waals surface area contributed by atoms with Gasteiger partial charge in [0.1, 0.15) is 0 Å². The van der Waals surface area contributed by atoms with Crippen molar-refractivity contribution in [3.05, 3.63) is 11.1 Å². The minimum Gasteiger partial charge on any atom is -0.377 e. The lowest BCUT2D eigenvalue weighted by molar-refractivity contribution is 0.0419. The van der Waals surface area contributed by atoms with E-state index in [2.05, 4.69) is 27.4 Å². The van der Waals surface area contributed by atoms with E-state index >= 15 is 0 Å². The van der Waals surface area contributed by atoms with Crippen LogP contribution < -0.4 is 0 Å². The van der Waals surface area contributed by atoms with Gasteiger partial charge in [-0.2, -0.15) is 0 Å². The van der Waals surface area contributed by atoms with Crippen LogP contribution in [0.5, 0.6) is 0 Å². The van der Waals surface area contributed by atoms with Crippen LogP contribution in [0.2, 0.25) is 0 Å². The van der Waals surface area contributed by atoms with E-state index in [0.717, 1.165) is 37.3 Å². The van der Waals surface area contributed by atoms with Gasteiger partial charge in [-0.15, -0.1) is 0 Å². The maximum Gasteiger partial charge on any atom is 0.0703 e. The number of ether oxygens (including phenoxy) is 2. The van der Waals surface area contributed by atoms with Crippen LogP contribution in [0.4, 0.5) is 0 Å². The molecule has 2 rings (SSSR count). The van der Waals surface area contributed by atoms with Crippen LogP contribution in [0.25, 0.3) is 0 Å². The minimum absolute atomic E-state index is 0.406. The van der Waals surface area contributed by atoms with Crippen molar-refractivity contribution >= 4 is 15.9 Å². The molecule has 3 nitrogen and oxygen atoms in total. The second-order valence-electron chi connectivity index (χ2n) is 4.98. The third-order valence-electron chi connectivity index (χ3n) is 3.37. The highest BCUT2D eigenvalue weighted by Crippen LogP contribution is 2.18. The lowest BCUT2D eigenvalue weighted by atomic mass is 10.2. The van der Waals surface area contributed by atoms with Crippen LogP contribution in [0.15, 0.2) is 11.1 Å². The fourth-order valence-corrected chi connectivity index (χ4v) is 2.95. The molecule has 2 heterocycles. The van der Waals surface area contributed by atoms with Crippen molar-refractivity contribution in [2.45, 2.75) is 37.9 Å². The molecule has 2 aliphatic heterocycles. The van der Waals surface area contributed by atoms with Crippen LogP contribution >= 0.6 is 15.9 Å². The highest BCUT2D eigenvalue weighted by atomic mass is 79.9. The zero-order valence-corrected chi connectivity index (χ0v) is 12.0. The molecule has 4 heteroatoms. The molecule has 2 aliphatic rings. The Morgan fingerprint density at radius 3 is 2.00 bits per heavy atom. The lowest BCUT2D eigenvalue weighted by Gasteiger charge is -2.27. The van der Waals surface area contributed by atoms with E-state index in [0.29, 0.717) is 12.2 Å². The topological polar surface area (TPSA) is 21.7 Å². The number of halogens is 1. The van der Waals surface area contributed by atoms with Gasteiger partial charge in [-0.25, -0.2) is 0 Å². The Balaban J connectivity index is 1.80. The Bertz CT molecular complexity index is 230. The molecular weight excluding hydrogens is 282 g/mol. The van der Waals surface area contributed by atoms with Crippen molar-refractivity contribution in [3.63, 3.8) is 0 Å². The van der Waals surface area contributed by atoms with Gasteiger partial charge in [0.25, 0.3) is 0 Å². The van der Waals surface area contributed by atoms with Crippen molar-refractivity contribution in [1.29, 1.82) is 0 Å². The van der Waals surface area contributed by atoms with E-state index in [9.17, 15) is 0 Å². The molecule has 2 fully saturated rings. The van der Waals surface area contributed by atoms with Gasteiger partial charge in [0.15, 0.2) is 0 Å². The number of hydrogen-bond acceptors (Lipinski definition) is 3. The second-order valence-corrected chi connectivity index (χ2v) is 6.10. The molecule has 17 heavy (non-hydrogen) atoms. The summed E-state index contributed by atoms with van der Waals surface area (Å²) in [5, 5.41) is 0. The Morgan fingerprint density at radius 2 is 1.65 bits per heavy atom. The molecule has 0 bridgehead atoms. The van der Waals surface area contributed by atoms with Crippen molar-refractivity contribution < 1.29 is 9.47 Å². The van der Waals surface area contributed by atoms with Crippen LogP contribution in [0.1, 0.15) is 25.7 Å². The molecule has 0 aliphatic carbocycles. The van der Waals surface area contributed by atoms with Crippen LogP contribution in [0.3, 0.4) is 0 Å². The largest absolute Gasteiger partial charge is 0.377 e. The first kappa shape index (κ1) is 13.5. The van der Waals surface area contributed by atoms with Crippen molar-refractivity contribution in [2.24, 2.45) is 0 Å². The van der Waals surface area contributed by atoms with Crippen molar-refractivity contribution in [3.8, 4) is 0 Å². The summed E-state index contributed by atoms with van der Waals surface area (Å²) in [5.74, 6) is 0. The zero-order valence-electron chi connectivity index (χ0n) is 10.4. The fourth-order valence-electron chi connectivity index (χ4n) is 2.60. The molecule has 0 N–H and O–H groups in total. The fraction of sp³-hybridized carbons (Fsp3) is 0.846. The van der Waals surface area contributed by atoms with Crippen LogP contribution in [-0.2, 0) is 9.47 Å². The van der Waals surface area contributed by atoms with Crippen LogP contribution in [-0.4, -0.2) is 50.0 Å². The SMILES string of the molecule is C=C(Br)CN(C[C@H]1CCCO1)C[C@H]1CCCO1. The molecule has 0 aromatic rings. The zero-order chi connectivity index (χ0) is 12.1. The molecule has 2 atom stereocenters. The van der Waals surface area contributed by atoms with E-state index in [1.165, 1.54) is 25.7 Å². The maximum absolute atomic E-state index is 5.70. The highest BCUT2D eigenvalue weighted by molar-refractivity contribution is 9.11. The van der Waals surface area contributed by atoms with Crippen molar-refractivity contribution in [1.82, 2.24) is 4.90 Å². The van der Waals surface area contributed by atoms with Gasteiger partial charge in [0.05, 0.1) is 12.2 Å². The number of nitrogens with zero attached hydrogens (tertiary/aromatic N) is 1. The van der Waals surface area contributed by atoms with E-state index in [-0.39, 0.29) is 0 Å². The van der Waals surface area contributed by atoms with Gasteiger partial charge in [0.2, 0.25) is 0 Å².